The predicted octanol–water partition coefficient (Wildman–Crippen LogP) is 0.984. The fourth-order valence-corrected chi connectivity index (χ4v) is 2.97. The maximum atomic E-state index is 11.9. The Morgan fingerprint density at radius 3 is 2.72 bits per heavy atom. The first-order valence-electron chi connectivity index (χ1n) is 6.91. The summed E-state index contributed by atoms with van der Waals surface area (Å²) in [5.41, 5.74) is 0. The summed E-state index contributed by atoms with van der Waals surface area (Å²) in [4.78, 5) is 24.5. The number of rotatable bonds is 4. The Morgan fingerprint density at radius 1 is 1.33 bits per heavy atom. The van der Waals surface area contributed by atoms with Crippen LogP contribution in [0.2, 0.25) is 0 Å². The average molecular weight is 254 g/mol. The summed E-state index contributed by atoms with van der Waals surface area (Å²) < 4.78 is 0. The van der Waals surface area contributed by atoms with Gasteiger partial charge in [0.25, 0.3) is 0 Å². The Morgan fingerprint density at radius 2 is 2.06 bits per heavy atom. The van der Waals surface area contributed by atoms with Crippen molar-refractivity contribution in [1.29, 1.82) is 0 Å². The van der Waals surface area contributed by atoms with E-state index in [4.69, 9.17) is 5.11 Å². The molecule has 2 N–H and O–H groups in total. The first-order chi connectivity index (χ1) is 8.66. The molecule has 18 heavy (non-hydrogen) atoms. The third-order valence-electron chi connectivity index (χ3n) is 4.00. The molecule has 5 heteroatoms. The zero-order valence-corrected chi connectivity index (χ0v) is 10.7. The molecule has 0 aromatic rings. The van der Waals surface area contributed by atoms with E-state index in [9.17, 15) is 9.59 Å². The number of piperazine rings is 1. The van der Waals surface area contributed by atoms with Crippen molar-refractivity contribution >= 4 is 11.9 Å². The quantitative estimate of drug-likeness (QED) is 0.785. The molecule has 1 amide bonds. The molecule has 2 fully saturated rings. The molecule has 0 spiro atoms. The van der Waals surface area contributed by atoms with E-state index in [-0.39, 0.29) is 18.4 Å². The summed E-state index contributed by atoms with van der Waals surface area (Å²) in [6.07, 6.45) is 6.69. The topological polar surface area (TPSA) is 69.6 Å². The Balaban J connectivity index is 1.87. The minimum Gasteiger partial charge on any atom is -0.481 e. The van der Waals surface area contributed by atoms with Gasteiger partial charge in [0.15, 0.2) is 0 Å². The van der Waals surface area contributed by atoms with Crippen LogP contribution in [-0.4, -0.2) is 47.1 Å². The number of nitrogens with zero attached hydrogens (tertiary/aromatic N) is 1. The van der Waals surface area contributed by atoms with Crippen LogP contribution in [0.4, 0.5) is 0 Å². The van der Waals surface area contributed by atoms with Crippen LogP contribution in [0.25, 0.3) is 0 Å². The Kier molecular flexibility index (Phi) is 4.58. The van der Waals surface area contributed by atoms with E-state index in [1.54, 1.807) is 0 Å². The zero-order chi connectivity index (χ0) is 13.0. The van der Waals surface area contributed by atoms with Gasteiger partial charge in [0, 0.05) is 25.0 Å². The lowest BCUT2D eigenvalue weighted by molar-refractivity contribution is -0.137. The molecule has 1 aliphatic carbocycles. The third-order valence-corrected chi connectivity index (χ3v) is 4.00. The van der Waals surface area contributed by atoms with Crippen molar-refractivity contribution in [3.8, 4) is 0 Å². The molecule has 1 aliphatic heterocycles. The molecule has 1 saturated heterocycles. The van der Waals surface area contributed by atoms with Crippen LogP contribution in [-0.2, 0) is 9.59 Å². The van der Waals surface area contributed by atoms with Gasteiger partial charge in [-0.25, -0.2) is 0 Å². The lowest BCUT2D eigenvalue weighted by atomic mass is 9.93. The number of amides is 1. The van der Waals surface area contributed by atoms with Gasteiger partial charge in [-0.1, -0.05) is 19.3 Å². The van der Waals surface area contributed by atoms with Gasteiger partial charge in [-0.2, -0.15) is 0 Å². The van der Waals surface area contributed by atoms with E-state index in [2.05, 4.69) is 5.32 Å². The van der Waals surface area contributed by atoms with Gasteiger partial charge in [-0.05, 0) is 19.3 Å². The molecule has 5 nitrogen and oxygen atoms in total. The highest BCUT2D eigenvalue weighted by Crippen LogP contribution is 2.24. The maximum Gasteiger partial charge on any atom is 0.303 e. The van der Waals surface area contributed by atoms with Crippen LogP contribution in [0.3, 0.4) is 0 Å². The summed E-state index contributed by atoms with van der Waals surface area (Å²) in [5.74, 6) is -0.591. The van der Waals surface area contributed by atoms with Gasteiger partial charge >= 0.3 is 5.97 Å². The van der Waals surface area contributed by atoms with Crippen LogP contribution >= 0.6 is 0 Å². The van der Waals surface area contributed by atoms with E-state index in [1.165, 1.54) is 19.3 Å². The minimum absolute atomic E-state index is 0.140. The second-order valence-corrected chi connectivity index (χ2v) is 5.35. The normalized spacial score (nSPS) is 26.3. The molecule has 1 saturated carbocycles. The zero-order valence-electron chi connectivity index (χ0n) is 10.7. The predicted molar refractivity (Wildman–Crippen MR) is 67.2 cm³/mol. The van der Waals surface area contributed by atoms with Crippen LogP contribution in [0.5, 0.6) is 0 Å². The highest BCUT2D eigenvalue weighted by atomic mass is 16.4. The number of hydrogen-bond donors (Lipinski definition) is 2. The lowest BCUT2D eigenvalue weighted by Crippen LogP contribution is -2.57. The van der Waals surface area contributed by atoms with Gasteiger partial charge in [0.2, 0.25) is 5.91 Å². The van der Waals surface area contributed by atoms with Crippen molar-refractivity contribution in [2.75, 3.05) is 13.1 Å². The van der Waals surface area contributed by atoms with Crippen LogP contribution in [0.15, 0.2) is 0 Å². The molecule has 0 aromatic carbocycles. The van der Waals surface area contributed by atoms with Crippen molar-refractivity contribution in [2.24, 2.45) is 0 Å². The van der Waals surface area contributed by atoms with E-state index in [0.717, 1.165) is 12.8 Å². The molecule has 102 valence electrons. The first kappa shape index (κ1) is 13.3. The monoisotopic (exact) mass is 254 g/mol. The third kappa shape index (κ3) is 3.45. The molecular weight excluding hydrogens is 232 g/mol. The SMILES string of the molecule is O=C(O)CCC1CN(C2CCCCC2)C(=O)CN1. The standard InChI is InChI=1S/C13H22N2O3/c16-12-8-14-10(6-7-13(17)18)9-15(12)11-4-2-1-3-5-11/h10-11,14H,1-9H2,(H,17,18). The highest BCUT2D eigenvalue weighted by Gasteiger charge is 2.31. The number of nitrogens with one attached hydrogen (secondary N) is 1. The summed E-state index contributed by atoms with van der Waals surface area (Å²) in [5, 5.41) is 11.8. The molecule has 0 bridgehead atoms. The number of carboxylic acids is 1. The maximum absolute atomic E-state index is 11.9. The second-order valence-electron chi connectivity index (χ2n) is 5.35. The Labute approximate surface area is 108 Å². The van der Waals surface area contributed by atoms with E-state index >= 15 is 0 Å². The Bertz CT molecular complexity index is 313. The minimum atomic E-state index is -0.766. The lowest BCUT2D eigenvalue weighted by Gasteiger charge is -2.40. The Hall–Kier alpha value is -1.10. The van der Waals surface area contributed by atoms with E-state index in [1.807, 2.05) is 4.90 Å². The molecule has 1 heterocycles. The van der Waals surface area contributed by atoms with Crippen molar-refractivity contribution in [3.63, 3.8) is 0 Å². The molecular formula is C13H22N2O3. The fourth-order valence-electron chi connectivity index (χ4n) is 2.97. The second kappa shape index (κ2) is 6.18. The van der Waals surface area contributed by atoms with Gasteiger partial charge in [-0.3, -0.25) is 9.59 Å². The van der Waals surface area contributed by atoms with Crippen LogP contribution < -0.4 is 5.32 Å². The molecule has 1 atom stereocenters. The van der Waals surface area contributed by atoms with Crippen molar-refractivity contribution in [3.05, 3.63) is 0 Å². The summed E-state index contributed by atoms with van der Waals surface area (Å²) >= 11 is 0. The first-order valence-corrected chi connectivity index (χ1v) is 6.91. The van der Waals surface area contributed by atoms with Crippen LogP contribution in [0, 0.1) is 0 Å². The average Bonchev–Trinajstić information content (AvgIpc) is 2.38. The molecule has 0 aromatic heterocycles. The summed E-state index contributed by atoms with van der Waals surface area (Å²) in [6, 6.07) is 0.529. The van der Waals surface area contributed by atoms with Gasteiger partial charge in [0.05, 0.1) is 6.54 Å². The number of carbonyl (C=O) groups excluding carboxylic acids is 1. The van der Waals surface area contributed by atoms with Crippen LogP contribution in [0.1, 0.15) is 44.9 Å². The van der Waals surface area contributed by atoms with Gasteiger partial charge in [-0.15, -0.1) is 0 Å². The molecule has 1 unspecified atom stereocenters. The van der Waals surface area contributed by atoms with Crippen molar-refractivity contribution in [1.82, 2.24) is 10.2 Å². The fraction of sp³-hybridized carbons (Fsp3) is 0.846. The molecule has 2 rings (SSSR count). The van der Waals surface area contributed by atoms with E-state index < -0.39 is 5.97 Å². The number of hydrogen-bond acceptors (Lipinski definition) is 3. The van der Waals surface area contributed by atoms with E-state index in [0.29, 0.717) is 25.6 Å². The van der Waals surface area contributed by atoms with Gasteiger partial charge < -0.3 is 15.3 Å². The highest BCUT2D eigenvalue weighted by molar-refractivity contribution is 5.79. The number of aliphatic carboxylic acids is 1. The van der Waals surface area contributed by atoms with Crippen molar-refractivity contribution in [2.45, 2.75) is 57.0 Å². The molecule has 2 aliphatic rings. The summed E-state index contributed by atoms with van der Waals surface area (Å²) in [6.45, 7) is 1.04. The van der Waals surface area contributed by atoms with Gasteiger partial charge in [0.1, 0.15) is 0 Å². The van der Waals surface area contributed by atoms with Crippen molar-refractivity contribution < 1.29 is 14.7 Å². The largest absolute Gasteiger partial charge is 0.481 e. The number of carboxylic acid groups (broad SMARTS) is 1. The number of carbonyl (C=O) groups is 2. The molecule has 0 radical (unpaired) electrons. The summed E-state index contributed by atoms with van der Waals surface area (Å²) in [7, 11) is 0. The smallest absolute Gasteiger partial charge is 0.303 e.